The average Bonchev–Trinajstić information content (AvgIpc) is 3.01. The van der Waals surface area contributed by atoms with Crippen LogP contribution < -0.4 is 10.6 Å². The maximum Gasteiger partial charge on any atom is 0.228 e. The number of H-pyrrole nitrogens is 1. The molecule has 3 rings (SSSR count). The first kappa shape index (κ1) is 14.3. The molecule has 1 aliphatic heterocycles. The van der Waals surface area contributed by atoms with Crippen LogP contribution >= 0.6 is 0 Å². The Morgan fingerprint density at radius 1 is 1.36 bits per heavy atom. The zero-order valence-electron chi connectivity index (χ0n) is 12.3. The van der Waals surface area contributed by atoms with Gasteiger partial charge in [-0.15, -0.1) is 0 Å². The molecule has 0 radical (unpaired) electrons. The predicted molar refractivity (Wildman–Crippen MR) is 83.0 cm³/mol. The highest BCUT2D eigenvalue weighted by Gasteiger charge is 2.29. The molecular weight excluding hydrogens is 280 g/mol. The maximum atomic E-state index is 12.5. The van der Waals surface area contributed by atoms with Gasteiger partial charge in [0.2, 0.25) is 11.8 Å². The van der Waals surface area contributed by atoms with Gasteiger partial charge in [0.1, 0.15) is 0 Å². The van der Waals surface area contributed by atoms with Crippen molar-refractivity contribution in [2.24, 2.45) is 5.92 Å². The van der Waals surface area contributed by atoms with Crippen molar-refractivity contribution in [3.8, 4) is 11.1 Å². The number of piperidine rings is 1. The summed E-state index contributed by atoms with van der Waals surface area (Å²) in [5.41, 5.74) is 2.54. The Hall–Kier alpha value is -2.63. The van der Waals surface area contributed by atoms with Crippen LogP contribution in [0.2, 0.25) is 0 Å². The van der Waals surface area contributed by atoms with Gasteiger partial charge in [0.05, 0.1) is 6.20 Å². The number of aromatic nitrogens is 2. The van der Waals surface area contributed by atoms with Crippen LogP contribution in [-0.2, 0) is 9.59 Å². The van der Waals surface area contributed by atoms with Crippen molar-refractivity contribution in [1.29, 1.82) is 0 Å². The molecule has 2 aromatic rings. The van der Waals surface area contributed by atoms with Crippen molar-refractivity contribution < 1.29 is 9.59 Å². The second-order valence-corrected chi connectivity index (χ2v) is 5.63. The Morgan fingerprint density at radius 3 is 2.91 bits per heavy atom. The van der Waals surface area contributed by atoms with Gasteiger partial charge in [-0.05, 0) is 19.4 Å². The third kappa shape index (κ3) is 3.00. The summed E-state index contributed by atoms with van der Waals surface area (Å²) in [6.07, 6.45) is 4.39. The number of para-hydroxylation sites is 1. The molecule has 2 atom stereocenters. The van der Waals surface area contributed by atoms with Gasteiger partial charge in [-0.25, -0.2) is 0 Å². The number of amides is 2. The van der Waals surface area contributed by atoms with Gasteiger partial charge >= 0.3 is 0 Å². The lowest BCUT2D eigenvalue weighted by Crippen LogP contribution is -2.44. The topological polar surface area (TPSA) is 86.9 Å². The van der Waals surface area contributed by atoms with Gasteiger partial charge in [0.15, 0.2) is 0 Å². The summed E-state index contributed by atoms with van der Waals surface area (Å²) in [5.74, 6) is -0.471. The summed E-state index contributed by atoms with van der Waals surface area (Å²) >= 11 is 0. The second-order valence-electron chi connectivity index (χ2n) is 5.63. The summed E-state index contributed by atoms with van der Waals surface area (Å²) in [4.78, 5) is 24.1. The number of nitrogens with zero attached hydrogens (tertiary/aromatic N) is 1. The molecule has 1 fully saturated rings. The number of benzene rings is 1. The standard InChI is InChI=1S/C16H18N4O2/c1-10-6-11(7-15(21)19-10)16(22)20-14-5-3-2-4-13(14)12-8-17-18-9-12/h2-5,8-11H,6-7H2,1H3,(H,17,18)(H,19,21)(H,20,22). The SMILES string of the molecule is CC1CC(C(=O)Nc2ccccc2-c2cn[nH]c2)CC(=O)N1. The van der Waals surface area contributed by atoms with Crippen LogP contribution in [0, 0.1) is 5.92 Å². The third-order valence-electron chi connectivity index (χ3n) is 3.84. The van der Waals surface area contributed by atoms with E-state index >= 15 is 0 Å². The van der Waals surface area contributed by atoms with Crippen LogP contribution in [0.3, 0.4) is 0 Å². The third-order valence-corrected chi connectivity index (χ3v) is 3.84. The quantitative estimate of drug-likeness (QED) is 0.809. The van der Waals surface area contributed by atoms with E-state index in [-0.39, 0.29) is 30.2 Å². The highest BCUT2D eigenvalue weighted by Crippen LogP contribution is 2.28. The first-order valence-electron chi connectivity index (χ1n) is 7.32. The summed E-state index contributed by atoms with van der Waals surface area (Å²) in [6.45, 7) is 1.91. The van der Waals surface area contributed by atoms with Crippen LogP contribution in [0.5, 0.6) is 0 Å². The molecule has 6 heteroatoms. The number of aromatic amines is 1. The molecule has 0 spiro atoms. The highest BCUT2D eigenvalue weighted by atomic mass is 16.2. The van der Waals surface area contributed by atoms with Gasteiger partial charge in [-0.3, -0.25) is 14.7 Å². The van der Waals surface area contributed by atoms with Crippen molar-refractivity contribution in [1.82, 2.24) is 15.5 Å². The fourth-order valence-electron chi connectivity index (χ4n) is 2.80. The van der Waals surface area contributed by atoms with E-state index in [1.807, 2.05) is 31.2 Å². The number of hydrogen-bond acceptors (Lipinski definition) is 3. The Bertz CT molecular complexity index is 681. The summed E-state index contributed by atoms with van der Waals surface area (Å²) in [7, 11) is 0. The lowest BCUT2D eigenvalue weighted by Gasteiger charge is -2.26. The number of anilines is 1. The van der Waals surface area contributed by atoms with Crippen LogP contribution in [0.1, 0.15) is 19.8 Å². The Kier molecular flexibility index (Phi) is 3.91. The largest absolute Gasteiger partial charge is 0.354 e. The molecule has 2 amide bonds. The van der Waals surface area contributed by atoms with E-state index in [4.69, 9.17) is 0 Å². The number of rotatable bonds is 3. The normalized spacial score (nSPS) is 21.2. The first-order chi connectivity index (χ1) is 10.6. The monoisotopic (exact) mass is 298 g/mol. The van der Waals surface area contributed by atoms with Crippen molar-refractivity contribution in [2.45, 2.75) is 25.8 Å². The van der Waals surface area contributed by atoms with E-state index in [1.165, 1.54) is 0 Å². The smallest absolute Gasteiger partial charge is 0.228 e. The molecule has 2 heterocycles. The van der Waals surface area contributed by atoms with E-state index in [0.29, 0.717) is 6.42 Å². The number of nitrogens with one attached hydrogen (secondary N) is 3. The molecule has 2 unspecified atom stereocenters. The van der Waals surface area contributed by atoms with Crippen molar-refractivity contribution >= 4 is 17.5 Å². The molecule has 6 nitrogen and oxygen atoms in total. The van der Waals surface area contributed by atoms with E-state index in [1.54, 1.807) is 12.4 Å². The van der Waals surface area contributed by atoms with Crippen LogP contribution in [0.15, 0.2) is 36.7 Å². The molecule has 1 saturated heterocycles. The van der Waals surface area contributed by atoms with Crippen LogP contribution in [0.25, 0.3) is 11.1 Å². The lowest BCUT2D eigenvalue weighted by molar-refractivity contribution is -0.130. The van der Waals surface area contributed by atoms with E-state index in [0.717, 1.165) is 16.8 Å². The van der Waals surface area contributed by atoms with Gasteiger partial charge in [-0.2, -0.15) is 5.10 Å². The zero-order chi connectivity index (χ0) is 15.5. The van der Waals surface area contributed by atoms with E-state index < -0.39 is 0 Å². The first-order valence-corrected chi connectivity index (χ1v) is 7.32. The van der Waals surface area contributed by atoms with Gasteiger partial charge in [0, 0.05) is 41.4 Å². The fraction of sp³-hybridized carbons (Fsp3) is 0.312. The fourth-order valence-corrected chi connectivity index (χ4v) is 2.80. The van der Waals surface area contributed by atoms with E-state index in [9.17, 15) is 9.59 Å². The average molecular weight is 298 g/mol. The van der Waals surface area contributed by atoms with Gasteiger partial charge < -0.3 is 10.6 Å². The number of hydrogen-bond donors (Lipinski definition) is 3. The minimum atomic E-state index is -0.291. The van der Waals surface area contributed by atoms with Crippen molar-refractivity contribution in [2.75, 3.05) is 5.32 Å². The highest BCUT2D eigenvalue weighted by molar-refractivity contribution is 5.98. The van der Waals surface area contributed by atoms with Gasteiger partial charge in [-0.1, -0.05) is 18.2 Å². The molecule has 3 N–H and O–H groups in total. The molecule has 114 valence electrons. The minimum absolute atomic E-state index is 0.0288. The summed E-state index contributed by atoms with van der Waals surface area (Å²) < 4.78 is 0. The summed E-state index contributed by atoms with van der Waals surface area (Å²) in [6, 6.07) is 7.59. The molecule has 1 aromatic heterocycles. The predicted octanol–water partition coefficient (Wildman–Crippen LogP) is 1.93. The summed E-state index contributed by atoms with van der Waals surface area (Å²) in [5, 5.41) is 12.5. The minimum Gasteiger partial charge on any atom is -0.354 e. The van der Waals surface area contributed by atoms with Gasteiger partial charge in [0.25, 0.3) is 0 Å². The Morgan fingerprint density at radius 2 is 2.18 bits per heavy atom. The maximum absolute atomic E-state index is 12.5. The molecule has 0 bridgehead atoms. The van der Waals surface area contributed by atoms with E-state index in [2.05, 4.69) is 20.8 Å². The molecule has 1 aromatic carbocycles. The zero-order valence-corrected chi connectivity index (χ0v) is 12.3. The molecule has 22 heavy (non-hydrogen) atoms. The molecule has 0 saturated carbocycles. The van der Waals surface area contributed by atoms with Crippen molar-refractivity contribution in [3.05, 3.63) is 36.7 Å². The van der Waals surface area contributed by atoms with Crippen LogP contribution in [0.4, 0.5) is 5.69 Å². The molecular formula is C16H18N4O2. The second kappa shape index (κ2) is 6.01. The number of carbonyl (C=O) groups is 2. The Labute approximate surface area is 128 Å². The number of carbonyl (C=O) groups excluding carboxylic acids is 2. The Balaban J connectivity index is 1.79. The van der Waals surface area contributed by atoms with Crippen LogP contribution in [-0.4, -0.2) is 28.1 Å². The van der Waals surface area contributed by atoms with Crippen molar-refractivity contribution in [3.63, 3.8) is 0 Å². The molecule has 0 aliphatic carbocycles. The lowest BCUT2D eigenvalue weighted by atomic mass is 9.91. The molecule has 1 aliphatic rings.